The van der Waals surface area contributed by atoms with E-state index in [4.69, 9.17) is 4.74 Å². The van der Waals surface area contributed by atoms with Crippen LogP contribution >= 0.6 is 11.3 Å². The number of fused-ring (bicyclic) bond motifs is 4. The monoisotopic (exact) mass is 413 g/mol. The summed E-state index contributed by atoms with van der Waals surface area (Å²) in [7, 11) is 0. The standard InChI is InChI=1S/C25H19NO3S/c27-22(18-10-9-17-13-16-5-1-2-6-19(16)20(17)14-18)15-29-25(28)12-11-24-26-21-7-3-4-8-23(21)30-24/h1-10,14H,11-13,15H2. The SMILES string of the molecule is O=C(CCc1nc2ccccc2s1)OCC(=O)c1ccc2c(c1)-c1ccccc1C2. The lowest BCUT2D eigenvalue weighted by Crippen LogP contribution is -2.14. The molecular weight excluding hydrogens is 394 g/mol. The average molecular weight is 413 g/mol. The summed E-state index contributed by atoms with van der Waals surface area (Å²) in [5.41, 5.74) is 6.29. The van der Waals surface area contributed by atoms with Crippen LogP contribution in [0.2, 0.25) is 0 Å². The highest BCUT2D eigenvalue weighted by atomic mass is 32.1. The largest absolute Gasteiger partial charge is 0.457 e. The van der Waals surface area contributed by atoms with E-state index in [9.17, 15) is 9.59 Å². The second-order valence-electron chi connectivity index (χ2n) is 7.37. The zero-order chi connectivity index (χ0) is 20.5. The van der Waals surface area contributed by atoms with Gasteiger partial charge in [-0.2, -0.15) is 0 Å². The molecule has 0 bridgehead atoms. The fraction of sp³-hybridized carbons (Fsp3) is 0.160. The minimum Gasteiger partial charge on any atom is -0.457 e. The summed E-state index contributed by atoms with van der Waals surface area (Å²) in [5.74, 6) is -0.565. The van der Waals surface area contributed by atoms with Crippen LogP contribution in [0.5, 0.6) is 0 Å². The van der Waals surface area contributed by atoms with Crippen molar-refractivity contribution in [3.63, 3.8) is 0 Å². The van der Waals surface area contributed by atoms with Gasteiger partial charge in [-0.1, -0.05) is 48.5 Å². The van der Waals surface area contributed by atoms with Gasteiger partial charge in [0.25, 0.3) is 0 Å². The third-order valence-corrected chi connectivity index (χ3v) is 6.46. The molecule has 0 saturated heterocycles. The highest BCUT2D eigenvalue weighted by Crippen LogP contribution is 2.36. The van der Waals surface area contributed by atoms with Crippen LogP contribution in [0.4, 0.5) is 0 Å². The summed E-state index contributed by atoms with van der Waals surface area (Å²) in [6.07, 6.45) is 1.62. The number of benzene rings is 3. The van der Waals surface area contributed by atoms with Crippen LogP contribution in [0.3, 0.4) is 0 Å². The molecule has 1 aliphatic rings. The number of Topliss-reactive ketones (excluding diaryl/α,β-unsaturated/α-hetero) is 1. The lowest BCUT2D eigenvalue weighted by molar-refractivity contribution is -0.142. The Morgan fingerprint density at radius 3 is 2.63 bits per heavy atom. The van der Waals surface area contributed by atoms with Gasteiger partial charge in [0.05, 0.1) is 21.6 Å². The van der Waals surface area contributed by atoms with Crippen molar-refractivity contribution < 1.29 is 14.3 Å². The number of hydrogen-bond donors (Lipinski definition) is 0. The first-order valence-corrected chi connectivity index (χ1v) is 10.7. The van der Waals surface area contributed by atoms with Gasteiger partial charge in [-0.25, -0.2) is 4.98 Å². The molecule has 0 atom stereocenters. The summed E-state index contributed by atoms with van der Waals surface area (Å²) in [5, 5.41) is 0.900. The van der Waals surface area contributed by atoms with Gasteiger partial charge in [0.2, 0.25) is 0 Å². The molecule has 1 aromatic heterocycles. The smallest absolute Gasteiger partial charge is 0.306 e. The van der Waals surface area contributed by atoms with Crippen molar-refractivity contribution in [2.45, 2.75) is 19.3 Å². The molecule has 3 aromatic carbocycles. The Balaban J connectivity index is 1.19. The number of thiazole rings is 1. The molecular formula is C25H19NO3S. The molecule has 0 saturated carbocycles. The normalized spacial score (nSPS) is 11.9. The van der Waals surface area contributed by atoms with Crippen molar-refractivity contribution in [2.24, 2.45) is 0 Å². The maximum absolute atomic E-state index is 12.6. The van der Waals surface area contributed by atoms with Crippen molar-refractivity contribution in [3.8, 4) is 11.1 Å². The number of ether oxygens (including phenoxy) is 1. The molecule has 30 heavy (non-hydrogen) atoms. The fourth-order valence-electron chi connectivity index (χ4n) is 3.83. The number of esters is 1. The molecule has 148 valence electrons. The third-order valence-electron chi connectivity index (χ3n) is 5.37. The first-order valence-electron chi connectivity index (χ1n) is 9.92. The maximum Gasteiger partial charge on any atom is 0.306 e. The van der Waals surface area contributed by atoms with E-state index in [2.05, 4.69) is 17.1 Å². The average Bonchev–Trinajstić information content (AvgIpc) is 3.36. The molecule has 0 N–H and O–H groups in total. The molecule has 5 rings (SSSR count). The first-order chi connectivity index (χ1) is 14.7. The molecule has 0 spiro atoms. The van der Waals surface area contributed by atoms with Crippen LogP contribution in [0.15, 0.2) is 66.7 Å². The van der Waals surface area contributed by atoms with Gasteiger partial charge < -0.3 is 4.74 Å². The van der Waals surface area contributed by atoms with Crippen LogP contribution in [-0.2, 0) is 22.4 Å². The van der Waals surface area contributed by atoms with Gasteiger partial charge in [0.15, 0.2) is 12.4 Å². The molecule has 4 aromatic rings. The zero-order valence-corrected chi connectivity index (χ0v) is 17.1. The lowest BCUT2D eigenvalue weighted by atomic mass is 10.0. The highest BCUT2D eigenvalue weighted by molar-refractivity contribution is 7.18. The number of carbonyl (C=O) groups is 2. The number of carbonyl (C=O) groups excluding carboxylic acids is 2. The molecule has 4 nitrogen and oxygen atoms in total. The number of ketones is 1. The second-order valence-corrected chi connectivity index (χ2v) is 8.48. The van der Waals surface area contributed by atoms with Gasteiger partial charge >= 0.3 is 5.97 Å². The van der Waals surface area contributed by atoms with Gasteiger partial charge in [-0.3, -0.25) is 9.59 Å². The Labute approximate surface area is 178 Å². The van der Waals surface area contributed by atoms with E-state index in [1.54, 1.807) is 11.3 Å². The Bertz CT molecular complexity index is 1240. The molecule has 5 heteroatoms. The molecule has 1 aliphatic carbocycles. The highest BCUT2D eigenvalue weighted by Gasteiger charge is 2.20. The van der Waals surface area contributed by atoms with Crippen molar-refractivity contribution in [1.29, 1.82) is 0 Å². The summed E-state index contributed by atoms with van der Waals surface area (Å²) in [4.78, 5) is 29.2. The van der Waals surface area contributed by atoms with Gasteiger partial charge in [0.1, 0.15) is 0 Å². The number of aryl methyl sites for hydroxylation is 1. The van der Waals surface area contributed by atoms with Crippen LogP contribution in [0.1, 0.15) is 32.9 Å². The van der Waals surface area contributed by atoms with E-state index >= 15 is 0 Å². The minimum absolute atomic E-state index is 0.185. The fourth-order valence-corrected chi connectivity index (χ4v) is 4.80. The van der Waals surface area contributed by atoms with Crippen molar-refractivity contribution in [1.82, 2.24) is 4.98 Å². The number of para-hydroxylation sites is 1. The summed E-state index contributed by atoms with van der Waals surface area (Å²) < 4.78 is 6.34. The number of hydrogen-bond acceptors (Lipinski definition) is 5. The quantitative estimate of drug-likeness (QED) is 0.283. The summed E-state index contributed by atoms with van der Waals surface area (Å²) in [6, 6.07) is 21.9. The number of rotatable bonds is 6. The second kappa shape index (κ2) is 7.84. The Morgan fingerprint density at radius 1 is 0.933 bits per heavy atom. The molecule has 0 radical (unpaired) electrons. The topological polar surface area (TPSA) is 56.3 Å². The number of aromatic nitrogens is 1. The summed E-state index contributed by atoms with van der Waals surface area (Å²) >= 11 is 1.58. The summed E-state index contributed by atoms with van der Waals surface area (Å²) in [6.45, 7) is -0.237. The Hall–Kier alpha value is -3.31. The minimum atomic E-state index is -0.380. The first kappa shape index (κ1) is 18.7. The van der Waals surface area contributed by atoms with Crippen LogP contribution in [0.25, 0.3) is 21.3 Å². The van der Waals surface area contributed by atoms with Gasteiger partial charge in [-0.05, 0) is 46.9 Å². The van der Waals surface area contributed by atoms with E-state index in [1.165, 1.54) is 16.7 Å². The third kappa shape index (κ3) is 3.64. The predicted octanol–water partition coefficient (Wildman–Crippen LogP) is 5.23. The van der Waals surface area contributed by atoms with E-state index in [0.29, 0.717) is 12.0 Å². The van der Waals surface area contributed by atoms with E-state index in [0.717, 1.165) is 27.2 Å². The van der Waals surface area contributed by atoms with Crippen molar-refractivity contribution in [3.05, 3.63) is 88.4 Å². The molecule has 0 unspecified atom stereocenters. The molecule has 0 aliphatic heterocycles. The van der Waals surface area contributed by atoms with Crippen molar-refractivity contribution >= 4 is 33.3 Å². The van der Waals surface area contributed by atoms with Crippen molar-refractivity contribution in [2.75, 3.05) is 6.61 Å². The van der Waals surface area contributed by atoms with Crippen LogP contribution < -0.4 is 0 Å². The maximum atomic E-state index is 12.6. The Kier molecular flexibility index (Phi) is 4.89. The van der Waals surface area contributed by atoms with Crippen LogP contribution in [-0.4, -0.2) is 23.3 Å². The van der Waals surface area contributed by atoms with E-state index < -0.39 is 0 Å². The van der Waals surface area contributed by atoms with E-state index in [1.807, 2.05) is 54.6 Å². The van der Waals surface area contributed by atoms with Crippen LogP contribution in [0, 0.1) is 0 Å². The van der Waals surface area contributed by atoms with Gasteiger partial charge in [-0.15, -0.1) is 11.3 Å². The number of nitrogens with zero attached hydrogens (tertiary/aromatic N) is 1. The predicted molar refractivity (Wildman–Crippen MR) is 118 cm³/mol. The van der Waals surface area contributed by atoms with Gasteiger partial charge in [0, 0.05) is 12.0 Å². The Morgan fingerprint density at radius 2 is 1.73 bits per heavy atom. The molecule has 1 heterocycles. The lowest BCUT2D eigenvalue weighted by Gasteiger charge is -2.06. The molecule has 0 amide bonds. The van der Waals surface area contributed by atoms with E-state index in [-0.39, 0.29) is 24.8 Å². The zero-order valence-electron chi connectivity index (χ0n) is 16.3. The molecule has 0 fully saturated rings.